The highest BCUT2D eigenvalue weighted by Crippen LogP contribution is 2.24. The molecule has 0 bridgehead atoms. The standard InChI is InChI=1S/C23H25N3O3/c1-28-21-9-5-8-20(16-21)25-12-14-26(15-13-25)22(27)11-10-19-17-29-24-23(19)18-6-3-2-4-7-18/h2-9,16-17H,10-15H2,1H3. The molecule has 6 nitrogen and oxygen atoms in total. The van der Waals surface area contributed by atoms with Gasteiger partial charge in [-0.05, 0) is 18.6 Å². The lowest BCUT2D eigenvalue weighted by atomic mass is 10.0. The van der Waals surface area contributed by atoms with Gasteiger partial charge in [0.2, 0.25) is 5.91 Å². The van der Waals surface area contributed by atoms with Crippen LogP contribution in [0.1, 0.15) is 12.0 Å². The number of rotatable bonds is 6. The van der Waals surface area contributed by atoms with Crippen molar-refractivity contribution in [1.82, 2.24) is 10.1 Å². The van der Waals surface area contributed by atoms with Crippen LogP contribution in [-0.2, 0) is 11.2 Å². The summed E-state index contributed by atoms with van der Waals surface area (Å²) in [7, 11) is 1.68. The zero-order chi connectivity index (χ0) is 20.1. The van der Waals surface area contributed by atoms with Gasteiger partial charge in [-0.2, -0.15) is 0 Å². The minimum absolute atomic E-state index is 0.176. The number of piperazine rings is 1. The van der Waals surface area contributed by atoms with Gasteiger partial charge in [-0.1, -0.05) is 41.6 Å². The lowest BCUT2D eigenvalue weighted by Gasteiger charge is -2.36. The largest absolute Gasteiger partial charge is 0.497 e. The van der Waals surface area contributed by atoms with Gasteiger partial charge in [0.1, 0.15) is 17.7 Å². The highest BCUT2D eigenvalue weighted by atomic mass is 16.5. The maximum absolute atomic E-state index is 12.7. The number of carbonyl (C=O) groups is 1. The molecule has 0 N–H and O–H groups in total. The van der Waals surface area contributed by atoms with Crippen molar-refractivity contribution in [1.29, 1.82) is 0 Å². The molecular weight excluding hydrogens is 366 g/mol. The van der Waals surface area contributed by atoms with Crippen molar-refractivity contribution in [2.45, 2.75) is 12.8 Å². The molecule has 0 saturated carbocycles. The molecule has 1 amide bonds. The molecule has 3 aromatic rings. The van der Waals surface area contributed by atoms with Gasteiger partial charge in [0, 0.05) is 55.5 Å². The van der Waals surface area contributed by atoms with Crippen LogP contribution in [0.25, 0.3) is 11.3 Å². The SMILES string of the molecule is COc1cccc(N2CCN(C(=O)CCc3conc3-c3ccccc3)CC2)c1. The Kier molecular flexibility index (Phi) is 5.79. The van der Waals surface area contributed by atoms with Crippen LogP contribution in [0.5, 0.6) is 5.75 Å². The van der Waals surface area contributed by atoms with E-state index in [0.29, 0.717) is 12.8 Å². The van der Waals surface area contributed by atoms with Gasteiger partial charge in [0.05, 0.1) is 7.11 Å². The Balaban J connectivity index is 1.31. The van der Waals surface area contributed by atoms with Crippen molar-refractivity contribution in [2.75, 3.05) is 38.2 Å². The van der Waals surface area contributed by atoms with Crippen LogP contribution in [0.15, 0.2) is 65.4 Å². The van der Waals surface area contributed by atoms with E-state index < -0.39 is 0 Å². The number of nitrogens with zero attached hydrogens (tertiary/aromatic N) is 3. The van der Waals surface area contributed by atoms with E-state index in [1.165, 1.54) is 0 Å². The molecule has 0 atom stereocenters. The molecule has 0 spiro atoms. The van der Waals surface area contributed by atoms with E-state index in [-0.39, 0.29) is 5.91 Å². The number of hydrogen-bond donors (Lipinski definition) is 0. The Hall–Kier alpha value is -3.28. The maximum Gasteiger partial charge on any atom is 0.223 e. The third-order valence-electron chi connectivity index (χ3n) is 5.35. The minimum Gasteiger partial charge on any atom is -0.497 e. The summed E-state index contributed by atoms with van der Waals surface area (Å²) in [6, 6.07) is 18.0. The summed E-state index contributed by atoms with van der Waals surface area (Å²) in [5.74, 6) is 1.03. The minimum atomic E-state index is 0.176. The number of ether oxygens (including phenoxy) is 1. The van der Waals surface area contributed by atoms with Gasteiger partial charge in [-0.3, -0.25) is 4.79 Å². The van der Waals surface area contributed by atoms with Crippen LogP contribution in [0.2, 0.25) is 0 Å². The first kappa shape index (κ1) is 19.1. The van der Waals surface area contributed by atoms with Crippen LogP contribution in [0.3, 0.4) is 0 Å². The Morgan fingerprint density at radius 3 is 2.62 bits per heavy atom. The number of aromatic nitrogens is 1. The van der Waals surface area contributed by atoms with Gasteiger partial charge < -0.3 is 19.1 Å². The fourth-order valence-electron chi connectivity index (χ4n) is 3.69. The van der Waals surface area contributed by atoms with Gasteiger partial charge in [0.15, 0.2) is 0 Å². The summed E-state index contributed by atoms with van der Waals surface area (Å²) in [4.78, 5) is 17.0. The molecule has 1 saturated heterocycles. The average Bonchev–Trinajstić information content (AvgIpc) is 3.27. The van der Waals surface area contributed by atoms with Gasteiger partial charge >= 0.3 is 0 Å². The van der Waals surface area contributed by atoms with E-state index in [9.17, 15) is 4.79 Å². The predicted molar refractivity (Wildman–Crippen MR) is 112 cm³/mol. The molecule has 29 heavy (non-hydrogen) atoms. The monoisotopic (exact) mass is 391 g/mol. The molecule has 4 rings (SSSR count). The molecule has 0 aliphatic carbocycles. The number of aryl methyl sites for hydroxylation is 1. The maximum atomic E-state index is 12.7. The molecule has 6 heteroatoms. The second kappa shape index (κ2) is 8.82. The number of anilines is 1. The van der Waals surface area contributed by atoms with Crippen LogP contribution in [-0.4, -0.2) is 49.3 Å². The van der Waals surface area contributed by atoms with E-state index in [0.717, 1.165) is 54.4 Å². The summed E-state index contributed by atoms with van der Waals surface area (Å²) in [5.41, 5.74) is 3.94. The molecule has 2 aromatic carbocycles. The predicted octanol–water partition coefficient (Wildman–Crippen LogP) is 3.63. The second-order valence-electron chi connectivity index (χ2n) is 7.12. The van der Waals surface area contributed by atoms with Gasteiger partial charge in [0.25, 0.3) is 0 Å². The molecule has 1 aliphatic rings. The lowest BCUT2D eigenvalue weighted by molar-refractivity contribution is -0.131. The topological polar surface area (TPSA) is 58.8 Å². The van der Waals surface area contributed by atoms with E-state index in [1.54, 1.807) is 13.4 Å². The first-order valence-electron chi connectivity index (χ1n) is 9.90. The summed E-state index contributed by atoms with van der Waals surface area (Å²) in [6.45, 7) is 3.10. The second-order valence-corrected chi connectivity index (χ2v) is 7.12. The highest BCUT2D eigenvalue weighted by molar-refractivity contribution is 5.77. The summed E-state index contributed by atoms with van der Waals surface area (Å²) >= 11 is 0. The molecule has 0 unspecified atom stereocenters. The number of carbonyl (C=O) groups excluding carboxylic acids is 1. The van der Waals surface area contributed by atoms with Crippen LogP contribution < -0.4 is 9.64 Å². The lowest BCUT2D eigenvalue weighted by Crippen LogP contribution is -2.48. The Morgan fingerprint density at radius 2 is 1.86 bits per heavy atom. The van der Waals surface area contributed by atoms with Crippen molar-refractivity contribution in [3.05, 3.63) is 66.4 Å². The average molecular weight is 391 g/mol. The van der Waals surface area contributed by atoms with Crippen molar-refractivity contribution in [2.24, 2.45) is 0 Å². The van der Waals surface area contributed by atoms with Crippen molar-refractivity contribution in [3.8, 4) is 17.0 Å². The van der Waals surface area contributed by atoms with Crippen molar-refractivity contribution < 1.29 is 14.1 Å². The van der Waals surface area contributed by atoms with E-state index >= 15 is 0 Å². The van der Waals surface area contributed by atoms with Crippen molar-refractivity contribution in [3.63, 3.8) is 0 Å². The quantitative estimate of drug-likeness (QED) is 0.642. The summed E-state index contributed by atoms with van der Waals surface area (Å²) in [6.07, 6.45) is 2.74. The zero-order valence-electron chi connectivity index (χ0n) is 16.6. The number of methoxy groups -OCH3 is 1. The van der Waals surface area contributed by atoms with Gasteiger partial charge in [-0.25, -0.2) is 0 Å². The molecular formula is C23H25N3O3. The first-order valence-corrected chi connectivity index (χ1v) is 9.90. The highest BCUT2D eigenvalue weighted by Gasteiger charge is 2.22. The Morgan fingerprint density at radius 1 is 1.07 bits per heavy atom. The van der Waals surface area contributed by atoms with Crippen LogP contribution in [0.4, 0.5) is 5.69 Å². The summed E-state index contributed by atoms with van der Waals surface area (Å²) in [5, 5.41) is 4.12. The fourth-order valence-corrected chi connectivity index (χ4v) is 3.69. The fraction of sp³-hybridized carbons (Fsp3) is 0.304. The van der Waals surface area contributed by atoms with E-state index in [1.807, 2.05) is 53.4 Å². The zero-order valence-corrected chi connectivity index (χ0v) is 16.6. The summed E-state index contributed by atoms with van der Waals surface area (Å²) < 4.78 is 10.5. The molecule has 0 radical (unpaired) electrons. The number of hydrogen-bond acceptors (Lipinski definition) is 5. The molecule has 2 heterocycles. The van der Waals surface area contributed by atoms with E-state index in [2.05, 4.69) is 16.1 Å². The third kappa shape index (κ3) is 4.42. The van der Waals surface area contributed by atoms with Crippen LogP contribution in [0, 0.1) is 0 Å². The molecule has 1 fully saturated rings. The Bertz CT molecular complexity index is 947. The first-order chi connectivity index (χ1) is 14.2. The third-order valence-corrected chi connectivity index (χ3v) is 5.35. The van der Waals surface area contributed by atoms with Crippen LogP contribution >= 0.6 is 0 Å². The number of benzene rings is 2. The smallest absolute Gasteiger partial charge is 0.223 e. The van der Waals surface area contributed by atoms with Gasteiger partial charge in [-0.15, -0.1) is 0 Å². The normalized spacial score (nSPS) is 14.1. The van der Waals surface area contributed by atoms with Crippen molar-refractivity contribution >= 4 is 11.6 Å². The molecule has 1 aliphatic heterocycles. The number of amides is 1. The molecule has 1 aromatic heterocycles. The molecule has 150 valence electrons. The Labute approximate surface area is 170 Å². The van der Waals surface area contributed by atoms with E-state index in [4.69, 9.17) is 9.26 Å².